The number of rotatable bonds is 5. The number of carbonyl (C=O) groups is 1. The zero-order valence-electron chi connectivity index (χ0n) is 16.5. The van der Waals surface area contributed by atoms with E-state index in [1.807, 2.05) is 0 Å². The minimum atomic E-state index is -0.771. The van der Waals surface area contributed by atoms with Crippen molar-refractivity contribution in [2.75, 3.05) is 39.8 Å². The summed E-state index contributed by atoms with van der Waals surface area (Å²) in [6, 6.07) is 17.2. The Morgan fingerprint density at radius 2 is 1.70 bits per heavy atom. The van der Waals surface area contributed by atoms with E-state index in [1.54, 1.807) is 25.8 Å². The highest BCUT2D eigenvalue weighted by Crippen LogP contribution is 2.20. The summed E-state index contributed by atoms with van der Waals surface area (Å²) < 4.78 is 0. The first-order valence-electron chi connectivity index (χ1n) is 9.50. The lowest BCUT2D eigenvalue weighted by molar-refractivity contribution is -0.134. The van der Waals surface area contributed by atoms with Crippen molar-refractivity contribution in [2.45, 2.75) is 25.9 Å². The third kappa shape index (κ3) is 4.47. The molecule has 0 aromatic heterocycles. The number of likely N-dealkylation sites (N-methyl/N-ethyl adjacent to an activating group) is 1. The Labute approximate surface area is 161 Å². The molecule has 3 rings (SSSR count). The number of piperazine rings is 1. The fourth-order valence-electron chi connectivity index (χ4n) is 3.46. The summed E-state index contributed by atoms with van der Waals surface area (Å²) in [7, 11) is 1.71. The van der Waals surface area contributed by atoms with E-state index >= 15 is 0 Å². The van der Waals surface area contributed by atoms with Crippen molar-refractivity contribution in [2.24, 2.45) is 0 Å². The molecule has 0 N–H and O–H groups in total. The van der Waals surface area contributed by atoms with E-state index in [-0.39, 0.29) is 5.91 Å². The number of nitrogens with zero attached hydrogens (tertiary/aromatic N) is 4. The van der Waals surface area contributed by atoms with E-state index < -0.39 is 5.54 Å². The van der Waals surface area contributed by atoms with Gasteiger partial charge in [0, 0.05) is 39.8 Å². The van der Waals surface area contributed by atoms with Gasteiger partial charge in [0.2, 0.25) is 5.91 Å². The van der Waals surface area contributed by atoms with Crippen LogP contribution in [0, 0.1) is 11.3 Å². The molecule has 1 amide bonds. The highest BCUT2D eigenvalue weighted by Gasteiger charge is 2.29. The monoisotopic (exact) mass is 364 g/mol. The van der Waals surface area contributed by atoms with E-state index in [9.17, 15) is 10.1 Å². The SMILES string of the molecule is CN(C(=O)CN1CCN(Cc2cccc3ccccc23)CC1)C(C)(C)C#N. The number of amides is 1. The van der Waals surface area contributed by atoms with Gasteiger partial charge in [-0.3, -0.25) is 14.6 Å². The average Bonchev–Trinajstić information content (AvgIpc) is 2.69. The fourth-order valence-corrected chi connectivity index (χ4v) is 3.46. The van der Waals surface area contributed by atoms with Gasteiger partial charge in [0.15, 0.2) is 0 Å². The molecule has 1 aliphatic rings. The van der Waals surface area contributed by atoms with E-state index in [0.717, 1.165) is 32.7 Å². The maximum atomic E-state index is 12.5. The zero-order valence-corrected chi connectivity index (χ0v) is 16.5. The Morgan fingerprint density at radius 1 is 1.07 bits per heavy atom. The van der Waals surface area contributed by atoms with Gasteiger partial charge >= 0.3 is 0 Å². The molecule has 1 saturated heterocycles. The summed E-state index contributed by atoms with van der Waals surface area (Å²) in [5.41, 5.74) is 0.584. The molecule has 0 spiro atoms. The summed E-state index contributed by atoms with van der Waals surface area (Å²) in [5.74, 6) is 0.00375. The molecule has 0 bridgehead atoms. The average molecular weight is 364 g/mol. The molecule has 142 valence electrons. The first kappa shape index (κ1) is 19.3. The second kappa shape index (κ2) is 8.08. The third-order valence-electron chi connectivity index (χ3n) is 5.58. The molecule has 2 aromatic carbocycles. The Morgan fingerprint density at radius 3 is 2.41 bits per heavy atom. The minimum Gasteiger partial charge on any atom is -0.326 e. The Hall–Kier alpha value is -2.42. The van der Waals surface area contributed by atoms with Crippen LogP contribution in [0.2, 0.25) is 0 Å². The molecule has 5 heteroatoms. The number of hydrogen-bond acceptors (Lipinski definition) is 4. The first-order chi connectivity index (χ1) is 12.9. The van der Waals surface area contributed by atoms with Gasteiger partial charge in [-0.1, -0.05) is 42.5 Å². The lowest BCUT2D eigenvalue weighted by Crippen LogP contribution is -2.52. The predicted octanol–water partition coefficient (Wildman–Crippen LogP) is 2.72. The quantitative estimate of drug-likeness (QED) is 0.819. The smallest absolute Gasteiger partial charge is 0.237 e. The topological polar surface area (TPSA) is 50.6 Å². The second-order valence-electron chi connectivity index (χ2n) is 7.81. The lowest BCUT2D eigenvalue weighted by atomic mass is 10.0. The van der Waals surface area contributed by atoms with Gasteiger partial charge in [-0.05, 0) is 30.2 Å². The molecule has 0 atom stereocenters. The van der Waals surface area contributed by atoms with E-state index in [1.165, 1.54) is 16.3 Å². The molecular formula is C22H28N4O. The standard InChI is InChI=1S/C22H28N4O/c1-22(2,17-23)24(3)21(27)16-26-13-11-25(12-14-26)15-19-9-6-8-18-7-4-5-10-20(18)19/h4-10H,11-16H2,1-3H3. The molecule has 0 saturated carbocycles. The Bertz CT molecular complexity index is 842. The molecule has 1 fully saturated rings. The number of carbonyl (C=O) groups excluding carboxylic acids is 1. The van der Waals surface area contributed by atoms with Crippen molar-refractivity contribution < 1.29 is 4.79 Å². The largest absolute Gasteiger partial charge is 0.326 e. The lowest BCUT2D eigenvalue weighted by Gasteiger charge is -2.36. The van der Waals surface area contributed by atoms with E-state index in [4.69, 9.17) is 0 Å². The van der Waals surface area contributed by atoms with Gasteiger partial charge in [-0.2, -0.15) is 5.26 Å². The van der Waals surface area contributed by atoms with Crippen LogP contribution in [0.1, 0.15) is 19.4 Å². The Balaban J connectivity index is 1.55. The molecule has 1 heterocycles. The first-order valence-corrected chi connectivity index (χ1v) is 9.50. The van der Waals surface area contributed by atoms with E-state index in [2.05, 4.69) is 58.3 Å². The van der Waals surface area contributed by atoms with Gasteiger partial charge in [0.25, 0.3) is 0 Å². The zero-order chi connectivity index (χ0) is 19.4. The molecule has 2 aromatic rings. The van der Waals surface area contributed by atoms with Gasteiger partial charge in [0.05, 0.1) is 12.6 Å². The van der Waals surface area contributed by atoms with Crippen LogP contribution in [0.15, 0.2) is 42.5 Å². The van der Waals surface area contributed by atoms with Crippen LogP contribution in [0.4, 0.5) is 0 Å². The third-order valence-corrected chi connectivity index (χ3v) is 5.58. The van der Waals surface area contributed by atoms with Gasteiger partial charge in [-0.15, -0.1) is 0 Å². The Kier molecular flexibility index (Phi) is 5.79. The van der Waals surface area contributed by atoms with Crippen LogP contribution in [0.5, 0.6) is 0 Å². The number of hydrogen-bond donors (Lipinski definition) is 0. The molecular weight excluding hydrogens is 336 g/mol. The van der Waals surface area contributed by atoms with Crippen LogP contribution in [-0.2, 0) is 11.3 Å². The van der Waals surface area contributed by atoms with E-state index in [0.29, 0.717) is 6.54 Å². The second-order valence-corrected chi connectivity index (χ2v) is 7.81. The van der Waals surface area contributed by atoms with Gasteiger partial charge in [-0.25, -0.2) is 0 Å². The van der Waals surface area contributed by atoms with Crippen LogP contribution < -0.4 is 0 Å². The molecule has 0 unspecified atom stereocenters. The normalized spacial score (nSPS) is 16.2. The highest BCUT2D eigenvalue weighted by atomic mass is 16.2. The molecule has 0 aliphatic carbocycles. The number of nitriles is 1. The van der Waals surface area contributed by atoms with Crippen molar-refractivity contribution in [1.82, 2.24) is 14.7 Å². The number of fused-ring (bicyclic) bond motifs is 1. The summed E-state index contributed by atoms with van der Waals surface area (Å²) >= 11 is 0. The molecule has 1 aliphatic heterocycles. The maximum Gasteiger partial charge on any atom is 0.237 e. The summed E-state index contributed by atoms with van der Waals surface area (Å²) in [5, 5.41) is 11.8. The van der Waals surface area contributed by atoms with Crippen LogP contribution in [-0.4, -0.2) is 65.9 Å². The molecule has 27 heavy (non-hydrogen) atoms. The van der Waals surface area contributed by atoms with Crippen molar-refractivity contribution in [3.63, 3.8) is 0 Å². The minimum absolute atomic E-state index is 0.00375. The summed E-state index contributed by atoms with van der Waals surface area (Å²) in [6.45, 7) is 8.49. The predicted molar refractivity (Wildman–Crippen MR) is 108 cm³/mol. The number of benzene rings is 2. The van der Waals surface area contributed by atoms with Crippen LogP contribution in [0.25, 0.3) is 10.8 Å². The molecule has 5 nitrogen and oxygen atoms in total. The van der Waals surface area contributed by atoms with Gasteiger partial charge in [0.1, 0.15) is 5.54 Å². The highest BCUT2D eigenvalue weighted by molar-refractivity contribution is 5.85. The van der Waals surface area contributed by atoms with Crippen molar-refractivity contribution >= 4 is 16.7 Å². The summed E-state index contributed by atoms with van der Waals surface area (Å²) in [6.07, 6.45) is 0. The maximum absolute atomic E-state index is 12.5. The van der Waals surface area contributed by atoms with Crippen LogP contribution >= 0.6 is 0 Å². The van der Waals surface area contributed by atoms with Crippen molar-refractivity contribution in [3.05, 3.63) is 48.0 Å². The fraction of sp³-hybridized carbons (Fsp3) is 0.455. The summed E-state index contributed by atoms with van der Waals surface area (Å²) in [4.78, 5) is 18.6. The van der Waals surface area contributed by atoms with Gasteiger partial charge < -0.3 is 4.90 Å². The van der Waals surface area contributed by atoms with Crippen molar-refractivity contribution in [1.29, 1.82) is 5.26 Å². The van der Waals surface area contributed by atoms with Crippen molar-refractivity contribution in [3.8, 4) is 6.07 Å². The molecule has 0 radical (unpaired) electrons. The van der Waals surface area contributed by atoms with Crippen LogP contribution in [0.3, 0.4) is 0 Å².